The molecule has 90 valence electrons. The minimum absolute atomic E-state index is 0.548. The van der Waals surface area contributed by atoms with Gasteiger partial charge in [-0.05, 0) is 0 Å². The second kappa shape index (κ2) is 3.75. The van der Waals surface area contributed by atoms with Crippen molar-refractivity contribution >= 4 is 48.3 Å². The fourth-order valence-electron chi connectivity index (χ4n) is 3.09. The summed E-state index contributed by atoms with van der Waals surface area (Å²) >= 11 is 1.10. The Kier molecular flexibility index (Phi) is 2.11. The summed E-state index contributed by atoms with van der Waals surface area (Å²) in [5, 5.41) is 3.08. The molecule has 0 unspecified atom stereocenters. The second-order valence-corrected chi connectivity index (χ2v) is 9.40. The summed E-state index contributed by atoms with van der Waals surface area (Å²) in [7, 11) is 0. The molecule has 2 aromatic heterocycles. The van der Waals surface area contributed by atoms with E-state index in [0.717, 1.165) is 0 Å². The van der Waals surface area contributed by atoms with Gasteiger partial charge in [0.05, 0.1) is 0 Å². The predicted molar refractivity (Wildman–Crippen MR) is 83.6 cm³/mol. The molecule has 0 nitrogen and oxygen atoms in total. The number of rotatable bonds is 0. The van der Waals surface area contributed by atoms with Gasteiger partial charge >= 0.3 is 123 Å². The molecule has 0 aliphatic heterocycles. The maximum atomic E-state index is 2.32. The van der Waals surface area contributed by atoms with Gasteiger partial charge in [0.15, 0.2) is 0 Å². The van der Waals surface area contributed by atoms with Crippen LogP contribution in [0, 0.1) is 0 Å². The van der Waals surface area contributed by atoms with Crippen molar-refractivity contribution in [1.82, 2.24) is 0 Å². The summed E-state index contributed by atoms with van der Waals surface area (Å²) in [6.45, 7) is 0. The van der Waals surface area contributed by atoms with Gasteiger partial charge in [0.25, 0.3) is 0 Å². The molecule has 0 amide bonds. The van der Waals surface area contributed by atoms with E-state index in [9.17, 15) is 0 Å². The SMILES string of the molecule is c1ccc2c3c([se]c2c1)-c1[se]c2ccccc2c1C3. The van der Waals surface area contributed by atoms with Gasteiger partial charge in [0, 0.05) is 0 Å². The average molecular weight is 372 g/mol. The molecule has 1 aliphatic rings. The zero-order valence-corrected chi connectivity index (χ0v) is 13.6. The van der Waals surface area contributed by atoms with Crippen LogP contribution in [0.5, 0.6) is 0 Å². The molecule has 0 N–H and O–H groups in total. The van der Waals surface area contributed by atoms with Crippen LogP contribution in [0.3, 0.4) is 0 Å². The summed E-state index contributed by atoms with van der Waals surface area (Å²) in [6, 6.07) is 18.0. The summed E-state index contributed by atoms with van der Waals surface area (Å²) < 4.78 is 6.64. The number of hydrogen-bond acceptors (Lipinski definition) is 0. The van der Waals surface area contributed by atoms with Gasteiger partial charge in [-0.25, -0.2) is 0 Å². The third-order valence-corrected chi connectivity index (χ3v) is 9.78. The molecule has 19 heavy (non-hydrogen) atoms. The molecule has 0 saturated carbocycles. The van der Waals surface area contributed by atoms with E-state index in [2.05, 4.69) is 48.5 Å². The first-order valence-corrected chi connectivity index (χ1v) is 9.85. The van der Waals surface area contributed by atoms with Crippen LogP contribution in [0.2, 0.25) is 0 Å². The monoisotopic (exact) mass is 374 g/mol. The topological polar surface area (TPSA) is 0 Å². The molecule has 5 rings (SSSR count). The second-order valence-electron chi connectivity index (χ2n) is 4.99. The Morgan fingerprint density at radius 2 is 1.11 bits per heavy atom. The minimum atomic E-state index is 0.548. The first-order valence-electron chi connectivity index (χ1n) is 6.43. The zero-order chi connectivity index (χ0) is 12.4. The van der Waals surface area contributed by atoms with E-state index in [1.54, 1.807) is 39.3 Å². The average Bonchev–Trinajstić information content (AvgIpc) is 3.07. The Balaban J connectivity index is 1.91. The van der Waals surface area contributed by atoms with Crippen molar-refractivity contribution in [2.45, 2.75) is 6.42 Å². The van der Waals surface area contributed by atoms with Crippen molar-refractivity contribution in [3.63, 3.8) is 0 Å². The zero-order valence-electron chi connectivity index (χ0n) is 10.1. The third-order valence-electron chi connectivity index (χ3n) is 3.96. The Morgan fingerprint density at radius 3 is 1.63 bits per heavy atom. The Bertz CT molecular complexity index is 862. The van der Waals surface area contributed by atoms with Gasteiger partial charge in [-0.15, -0.1) is 0 Å². The van der Waals surface area contributed by atoms with Crippen LogP contribution < -0.4 is 0 Å². The molecular formula is C17H10Se2. The quantitative estimate of drug-likeness (QED) is 0.364. The van der Waals surface area contributed by atoms with Gasteiger partial charge < -0.3 is 0 Å². The van der Waals surface area contributed by atoms with Gasteiger partial charge in [-0.2, -0.15) is 0 Å². The molecule has 0 radical (unpaired) electrons. The van der Waals surface area contributed by atoms with Crippen molar-refractivity contribution < 1.29 is 0 Å². The van der Waals surface area contributed by atoms with Crippen LogP contribution in [0.1, 0.15) is 11.1 Å². The number of fused-ring (bicyclic) bond motifs is 7. The van der Waals surface area contributed by atoms with E-state index in [-0.39, 0.29) is 0 Å². The van der Waals surface area contributed by atoms with Crippen LogP contribution in [-0.2, 0) is 6.42 Å². The summed E-state index contributed by atoms with van der Waals surface area (Å²) in [6.07, 6.45) is 1.18. The van der Waals surface area contributed by atoms with Crippen molar-refractivity contribution in [3.05, 3.63) is 59.7 Å². The number of benzene rings is 2. The van der Waals surface area contributed by atoms with Crippen LogP contribution in [-0.4, -0.2) is 29.0 Å². The van der Waals surface area contributed by atoms with Crippen molar-refractivity contribution in [1.29, 1.82) is 0 Å². The van der Waals surface area contributed by atoms with Crippen molar-refractivity contribution in [3.8, 4) is 8.87 Å². The molecule has 2 heteroatoms. The van der Waals surface area contributed by atoms with E-state index >= 15 is 0 Å². The molecule has 0 spiro atoms. The fraction of sp³-hybridized carbons (Fsp3) is 0.0588. The van der Waals surface area contributed by atoms with E-state index in [1.165, 1.54) is 6.42 Å². The van der Waals surface area contributed by atoms with Crippen molar-refractivity contribution in [2.24, 2.45) is 0 Å². The molecule has 0 saturated heterocycles. The van der Waals surface area contributed by atoms with Crippen LogP contribution in [0.4, 0.5) is 0 Å². The van der Waals surface area contributed by atoms with Crippen LogP contribution in [0.15, 0.2) is 48.5 Å². The van der Waals surface area contributed by atoms with Crippen LogP contribution in [0.25, 0.3) is 28.2 Å². The van der Waals surface area contributed by atoms with Gasteiger partial charge in [-0.1, -0.05) is 0 Å². The molecule has 0 fully saturated rings. The molecule has 0 bridgehead atoms. The van der Waals surface area contributed by atoms with Gasteiger partial charge in [0.1, 0.15) is 0 Å². The summed E-state index contributed by atoms with van der Waals surface area (Å²) in [4.78, 5) is 0. The molecule has 1 aliphatic carbocycles. The Morgan fingerprint density at radius 1 is 0.632 bits per heavy atom. The molecule has 4 aromatic rings. The van der Waals surface area contributed by atoms with Gasteiger partial charge in [0.2, 0.25) is 0 Å². The Labute approximate surface area is 123 Å². The normalized spacial score (nSPS) is 13.1. The molecular weight excluding hydrogens is 362 g/mol. The fourth-order valence-corrected chi connectivity index (χ4v) is 8.99. The van der Waals surface area contributed by atoms with E-state index in [4.69, 9.17) is 0 Å². The predicted octanol–water partition coefficient (Wildman–Crippen LogP) is 3.68. The summed E-state index contributed by atoms with van der Waals surface area (Å²) in [5.41, 5.74) is 3.30. The standard InChI is InChI=1S/C17H10Se2/c1-3-7-14-10(5-1)12-9-13-11-6-2-4-8-15(11)19-17(13)16(12)18-14/h1-8H,9H2. The molecule has 2 heterocycles. The first kappa shape index (κ1) is 10.7. The third kappa shape index (κ3) is 1.35. The maximum absolute atomic E-state index is 2.32. The van der Waals surface area contributed by atoms with Gasteiger partial charge in [-0.3, -0.25) is 0 Å². The molecule has 2 aromatic carbocycles. The first-order chi connectivity index (χ1) is 9.42. The van der Waals surface area contributed by atoms with Crippen molar-refractivity contribution in [2.75, 3.05) is 0 Å². The van der Waals surface area contributed by atoms with E-state index in [0.29, 0.717) is 29.0 Å². The molecule has 0 atom stereocenters. The Hall–Kier alpha value is -1.04. The van der Waals surface area contributed by atoms with E-state index < -0.39 is 0 Å². The van der Waals surface area contributed by atoms with E-state index in [1.807, 2.05) is 0 Å². The summed E-state index contributed by atoms with van der Waals surface area (Å²) in [5.74, 6) is 0. The van der Waals surface area contributed by atoms with Crippen LogP contribution >= 0.6 is 0 Å². The number of hydrogen-bond donors (Lipinski definition) is 0.